The molecule has 0 aromatic heterocycles. The Morgan fingerprint density at radius 1 is 1.24 bits per heavy atom. The van der Waals surface area contributed by atoms with Crippen LogP contribution in [0.4, 0.5) is 17.1 Å². The summed E-state index contributed by atoms with van der Waals surface area (Å²) in [5, 5.41) is 16.8. The van der Waals surface area contributed by atoms with Gasteiger partial charge in [-0.25, -0.2) is 0 Å². The van der Waals surface area contributed by atoms with Gasteiger partial charge in [0.05, 0.1) is 23.4 Å². The molecule has 21 heavy (non-hydrogen) atoms. The van der Waals surface area contributed by atoms with E-state index in [1.54, 1.807) is 0 Å². The van der Waals surface area contributed by atoms with Crippen LogP contribution in [0.5, 0.6) is 0 Å². The van der Waals surface area contributed by atoms with Crippen LogP contribution in [0, 0.1) is 0 Å². The van der Waals surface area contributed by atoms with Gasteiger partial charge < -0.3 is 21.5 Å². The molecule has 0 saturated heterocycles. The Morgan fingerprint density at radius 2 is 1.95 bits per heavy atom. The third kappa shape index (κ3) is 3.13. The second-order valence-corrected chi connectivity index (χ2v) is 6.31. The van der Waals surface area contributed by atoms with E-state index in [-0.39, 0.29) is 5.91 Å². The zero-order chi connectivity index (χ0) is 14.9. The van der Waals surface area contributed by atoms with Crippen LogP contribution in [-0.4, -0.2) is 23.2 Å². The Morgan fingerprint density at radius 3 is 2.67 bits per heavy atom. The van der Waals surface area contributed by atoms with E-state index in [4.69, 9.17) is 5.73 Å². The quantitative estimate of drug-likeness (QED) is 0.508. The summed E-state index contributed by atoms with van der Waals surface area (Å²) in [4.78, 5) is 11.4. The summed E-state index contributed by atoms with van der Waals surface area (Å²) in [6, 6.07) is 3.71. The van der Waals surface area contributed by atoms with Crippen molar-refractivity contribution in [3.8, 4) is 0 Å². The van der Waals surface area contributed by atoms with Crippen LogP contribution in [0.1, 0.15) is 44.1 Å². The summed E-state index contributed by atoms with van der Waals surface area (Å²) >= 11 is 0. The van der Waals surface area contributed by atoms with E-state index < -0.39 is 5.60 Å². The highest BCUT2D eigenvalue weighted by molar-refractivity contribution is 6.00. The number of fused-ring (bicyclic) bond motifs is 1. The zero-order valence-corrected chi connectivity index (χ0v) is 12.2. The van der Waals surface area contributed by atoms with Crippen molar-refractivity contribution >= 4 is 23.0 Å². The van der Waals surface area contributed by atoms with E-state index in [1.165, 1.54) is 12.8 Å². The molecule has 0 radical (unpaired) electrons. The van der Waals surface area contributed by atoms with E-state index in [1.807, 2.05) is 12.1 Å². The Bertz CT molecular complexity index is 549. The van der Waals surface area contributed by atoms with Crippen molar-refractivity contribution < 1.29 is 9.90 Å². The summed E-state index contributed by atoms with van der Waals surface area (Å²) < 4.78 is 0. The first-order chi connectivity index (χ1) is 10.1. The minimum absolute atomic E-state index is 0.00365. The van der Waals surface area contributed by atoms with Gasteiger partial charge in [0.25, 0.3) is 0 Å². The molecule has 0 bridgehead atoms. The summed E-state index contributed by atoms with van der Waals surface area (Å²) in [6.07, 6.45) is 6.62. The maximum Gasteiger partial charge on any atom is 0.228 e. The highest BCUT2D eigenvalue weighted by atomic mass is 16.3. The van der Waals surface area contributed by atoms with E-state index in [0.717, 1.165) is 42.6 Å². The standard InChI is InChI=1S/C16H23N3O2/c17-12-7-11-8-15(20)19-13(11)9-14(12)18-10-16(21)5-3-1-2-4-6-16/h7,9,18,21H,1-6,8,10,17H2,(H,19,20). The summed E-state index contributed by atoms with van der Waals surface area (Å²) in [6.45, 7) is 0.504. The fourth-order valence-corrected chi connectivity index (χ4v) is 3.27. The molecule has 1 aromatic carbocycles. The molecule has 2 aliphatic rings. The number of hydrogen-bond donors (Lipinski definition) is 4. The molecule has 5 heteroatoms. The van der Waals surface area contributed by atoms with E-state index in [0.29, 0.717) is 18.7 Å². The topological polar surface area (TPSA) is 87.4 Å². The largest absolute Gasteiger partial charge is 0.397 e. The smallest absolute Gasteiger partial charge is 0.228 e. The number of nitrogens with one attached hydrogen (secondary N) is 2. The molecule has 1 aliphatic heterocycles. The van der Waals surface area contributed by atoms with Crippen LogP contribution in [0.15, 0.2) is 12.1 Å². The van der Waals surface area contributed by atoms with E-state index in [9.17, 15) is 9.90 Å². The fraction of sp³-hybridized carbons (Fsp3) is 0.562. The maximum absolute atomic E-state index is 11.4. The van der Waals surface area contributed by atoms with Crippen molar-refractivity contribution in [2.45, 2.75) is 50.5 Å². The first-order valence-corrected chi connectivity index (χ1v) is 7.74. The van der Waals surface area contributed by atoms with Crippen molar-refractivity contribution in [1.29, 1.82) is 0 Å². The zero-order valence-electron chi connectivity index (χ0n) is 12.2. The van der Waals surface area contributed by atoms with Gasteiger partial charge in [-0.15, -0.1) is 0 Å². The number of carbonyl (C=O) groups excluding carboxylic acids is 1. The molecular formula is C16H23N3O2. The molecule has 1 amide bonds. The van der Waals surface area contributed by atoms with E-state index >= 15 is 0 Å². The number of nitrogens with two attached hydrogens (primary N) is 1. The van der Waals surface area contributed by atoms with Gasteiger partial charge in [0.2, 0.25) is 5.91 Å². The molecule has 5 N–H and O–H groups in total. The molecular weight excluding hydrogens is 266 g/mol. The van der Waals surface area contributed by atoms with Gasteiger partial charge in [0.1, 0.15) is 0 Å². The molecule has 0 spiro atoms. The van der Waals surface area contributed by atoms with Crippen molar-refractivity contribution in [3.63, 3.8) is 0 Å². The van der Waals surface area contributed by atoms with Crippen LogP contribution in [0.25, 0.3) is 0 Å². The molecule has 1 fully saturated rings. The second kappa shape index (κ2) is 5.56. The minimum Gasteiger partial charge on any atom is -0.397 e. The van der Waals surface area contributed by atoms with Crippen LogP contribution in [0.3, 0.4) is 0 Å². The average Bonchev–Trinajstić information content (AvgIpc) is 2.65. The molecule has 1 aliphatic carbocycles. The number of amides is 1. The summed E-state index contributed by atoms with van der Waals surface area (Å²) in [5.74, 6) is 0.00365. The molecule has 1 aromatic rings. The van der Waals surface area contributed by atoms with Crippen molar-refractivity contribution in [2.75, 3.05) is 22.9 Å². The normalized spacial score (nSPS) is 20.5. The number of aliphatic hydroxyl groups is 1. The number of hydrogen-bond acceptors (Lipinski definition) is 4. The lowest BCUT2D eigenvalue weighted by molar-refractivity contribution is -0.115. The molecule has 0 atom stereocenters. The average molecular weight is 289 g/mol. The van der Waals surface area contributed by atoms with Crippen LogP contribution in [0.2, 0.25) is 0 Å². The third-order valence-corrected chi connectivity index (χ3v) is 4.54. The van der Waals surface area contributed by atoms with Crippen LogP contribution < -0.4 is 16.4 Å². The third-order valence-electron chi connectivity index (χ3n) is 4.54. The minimum atomic E-state index is -0.648. The molecule has 1 heterocycles. The van der Waals surface area contributed by atoms with Gasteiger partial charge in [-0.1, -0.05) is 25.7 Å². The Kier molecular flexibility index (Phi) is 3.76. The van der Waals surface area contributed by atoms with Crippen molar-refractivity contribution in [3.05, 3.63) is 17.7 Å². The number of anilines is 3. The van der Waals surface area contributed by atoms with Gasteiger partial charge in [-0.2, -0.15) is 0 Å². The van der Waals surface area contributed by atoms with Gasteiger partial charge in [-0.05, 0) is 30.5 Å². The number of rotatable bonds is 3. The van der Waals surface area contributed by atoms with Crippen molar-refractivity contribution in [1.82, 2.24) is 0 Å². The first-order valence-electron chi connectivity index (χ1n) is 7.74. The molecule has 1 saturated carbocycles. The lowest BCUT2D eigenvalue weighted by atomic mass is 9.94. The van der Waals surface area contributed by atoms with Gasteiger partial charge in [0, 0.05) is 12.2 Å². The second-order valence-electron chi connectivity index (χ2n) is 6.31. The number of benzene rings is 1. The highest BCUT2D eigenvalue weighted by Crippen LogP contribution is 2.33. The highest BCUT2D eigenvalue weighted by Gasteiger charge is 2.28. The Balaban J connectivity index is 1.70. The number of nitrogen functional groups attached to an aromatic ring is 1. The predicted molar refractivity (Wildman–Crippen MR) is 84.3 cm³/mol. The Labute approximate surface area is 124 Å². The SMILES string of the molecule is Nc1cc2c(cc1NCC1(O)CCCCCC1)NC(=O)C2. The molecule has 5 nitrogen and oxygen atoms in total. The predicted octanol–water partition coefficient (Wildman–Crippen LogP) is 2.26. The lowest BCUT2D eigenvalue weighted by Gasteiger charge is -2.27. The summed E-state index contributed by atoms with van der Waals surface area (Å²) in [7, 11) is 0. The van der Waals surface area contributed by atoms with E-state index in [2.05, 4.69) is 10.6 Å². The van der Waals surface area contributed by atoms with Gasteiger partial charge >= 0.3 is 0 Å². The first kappa shape index (κ1) is 14.2. The van der Waals surface area contributed by atoms with Crippen LogP contribution >= 0.6 is 0 Å². The van der Waals surface area contributed by atoms with Crippen LogP contribution in [-0.2, 0) is 11.2 Å². The summed E-state index contributed by atoms with van der Waals surface area (Å²) in [5.41, 5.74) is 8.58. The molecule has 114 valence electrons. The van der Waals surface area contributed by atoms with Gasteiger partial charge in [-0.3, -0.25) is 4.79 Å². The molecule has 0 unspecified atom stereocenters. The Hall–Kier alpha value is -1.75. The van der Waals surface area contributed by atoms with Gasteiger partial charge in [0.15, 0.2) is 0 Å². The monoisotopic (exact) mass is 289 g/mol. The fourth-order valence-electron chi connectivity index (χ4n) is 3.27. The maximum atomic E-state index is 11.4. The number of carbonyl (C=O) groups is 1. The lowest BCUT2D eigenvalue weighted by Crippen LogP contribution is -2.36. The van der Waals surface area contributed by atoms with Crippen molar-refractivity contribution in [2.24, 2.45) is 0 Å². The molecule has 3 rings (SSSR count).